The van der Waals surface area contributed by atoms with Gasteiger partial charge in [0.1, 0.15) is 17.7 Å². The second-order valence-electron chi connectivity index (χ2n) is 8.23. The molecule has 0 aliphatic heterocycles. The van der Waals surface area contributed by atoms with Crippen LogP contribution in [0.2, 0.25) is 0 Å². The quantitative estimate of drug-likeness (QED) is 0.135. The second kappa shape index (κ2) is 9.11. The van der Waals surface area contributed by atoms with Crippen molar-refractivity contribution in [3.05, 3.63) is 111 Å². The molecule has 2 unspecified atom stereocenters. The Bertz CT molecular complexity index is 1620. The van der Waals surface area contributed by atoms with Crippen molar-refractivity contribution in [1.29, 1.82) is 0 Å². The first-order chi connectivity index (χ1) is 18.3. The molecule has 3 aromatic rings. The Labute approximate surface area is 209 Å². The minimum Gasteiger partial charge on any atom is -0.531 e. The lowest BCUT2D eigenvalue weighted by Crippen LogP contribution is -2.48. The Balaban J connectivity index is 1.74. The van der Waals surface area contributed by atoms with Crippen LogP contribution < -0.4 is 4.65 Å². The van der Waals surface area contributed by atoms with Gasteiger partial charge in [0.05, 0.1) is 11.1 Å². The van der Waals surface area contributed by atoms with E-state index in [-0.39, 0.29) is 0 Å². The van der Waals surface area contributed by atoms with Gasteiger partial charge in [-0.05, 0) is 23.8 Å². The molecular weight excluding hydrogens is 559 g/mol. The van der Waals surface area contributed by atoms with Crippen LogP contribution in [0.15, 0.2) is 48.1 Å². The SMILES string of the molecule is FC1=C(F)C(OB(Oc2cccc(F)c2F)C2(F)C(F)=C(F)c3c(F)c(F)c(F)c(F)c32)c2cccc(F)c21. The molecule has 39 heavy (non-hydrogen) atoms. The van der Waals surface area contributed by atoms with Crippen LogP contribution in [0.25, 0.3) is 11.7 Å². The first kappa shape index (κ1) is 26.7. The van der Waals surface area contributed by atoms with Gasteiger partial charge < -0.3 is 9.31 Å². The lowest BCUT2D eigenvalue weighted by molar-refractivity contribution is 0.124. The van der Waals surface area contributed by atoms with Gasteiger partial charge in [-0.15, -0.1) is 0 Å². The van der Waals surface area contributed by atoms with E-state index in [1.807, 2.05) is 0 Å². The lowest BCUT2D eigenvalue weighted by Gasteiger charge is -2.29. The first-order valence-corrected chi connectivity index (χ1v) is 10.5. The van der Waals surface area contributed by atoms with Gasteiger partial charge in [0.2, 0.25) is 5.57 Å². The van der Waals surface area contributed by atoms with E-state index in [1.165, 1.54) is 0 Å². The minimum atomic E-state index is -4.69. The Morgan fingerprint density at radius 2 is 1.26 bits per heavy atom. The molecule has 0 bridgehead atoms. The highest BCUT2D eigenvalue weighted by Gasteiger charge is 2.65. The van der Waals surface area contributed by atoms with Crippen molar-refractivity contribution < 1.29 is 62.0 Å². The first-order valence-electron chi connectivity index (χ1n) is 10.5. The summed E-state index contributed by atoms with van der Waals surface area (Å²) in [4.78, 5) is 0. The molecule has 0 saturated carbocycles. The van der Waals surface area contributed by atoms with Crippen LogP contribution in [0.1, 0.15) is 28.4 Å². The van der Waals surface area contributed by atoms with Crippen LogP contribution in [0.5, 0.6) is 5.75 Å². The Morgan fingerprint density at radius 1 is 0.641 bits per heavy atom. The molecule has 0 aromatic heterocycles. The molecule has 5 rings (SSSR count). The van der Waals surface area contributed by atoms with Crippen LogP contribution in [-0.2, 0) is 10.2 Å². The third kappa shape index (κ3) is 3.66. The van der Waals surface area contributed by atoms with Gasteiger partial charge in [0.15, 0.2) is 58.2 Å². The normalized spacial score (nSPS) is 20.1. The third-order valence-electron chi connectivity index (χ3n) is 6.08. The maximum atomic E-state index is 16.5. The van der Waals surface area contributed by atoms with Gasteiger partial charge >= 0.3 is 7.12 Å². The van der Waals surface area contributed by atoms with Gasteiger partial charge in [0.25, 0.3) is 0 Å². The topological polar surface area (TPSA) is 18.5 Å². The molecule has 0 N–H and O–H groups in total. The maximum Gasteiger partial charge on any atom is 0.579 e. The van der Waals surface area contributed by atoms with E-state index >= 15 is 8.78 Å². The number of hydrogen-bond acceptors (Lipinski definition) is 2. The van der Waals surface area contributed by atoms with Crippen LogP contribution in [-0.4, -0.2) is 7.12 Å². The third-order valence-corrected chi connectivity index (χ3v) is 6.08. The molecule has 2 aliphatic rings. The number of alkyl halides is 1. The number of benzene rings is 3. The van der Waals surface area contributed by atoms with Gasteiger partial charge in [0, 0.05) is 5.56 Å². The van der Waals surface area contributed by atoms with E-state index in [2.05, 4.69) is 0 Å². The molecule has 0 heterocycles. The Hall–Kier alpha value is -3.88. The van der Waals surface area contributed by atoms with Crippen LogP contribution in [0.3, 0.4) is 0 Å². The van der Waals surface area contributed by atoms with Gasteiger partial charge in [-0.25, -0.2) is 48.3 Å². The summed E-state index contributed by atoms with van der Waals surface area (Å²) in [6, 6.07) is 4.26. The summed E-state index contributed by atoms with van der Waals surface area (Å²) in [6.07, 6.45) is -2.57. The molecule has 2 aliphatic carbocycles. The Kier molecular flexibility index (Phi) is 6.24. The number of rotatable bonds is 5. The number of allylic oxidation sites excluding steroid dienone is 1. The van der Waals surface area contributed by atoms with E-state index < -0.39 is 111 Å². The van der Waals surface area contributed by atoms with Crippen molar-refractivity contribution in [2.24, 2.45) is 0 Å². The van der Waals surface area contributed by atoms with Crippen LogP contribution in [0.4, 0.5) is 52.7 Å². The molecule has 2 atom stereocenters. The van der Waals surface area contributed by atoms with Gasteiger partial charge in [-0.1, -0.05) is 18.2 Å². The van der Waals surface area contributed by atoms with Crippen molar-refractivity contribution in [3.63, 3.8) is 0 Å². The molecule has 0 fully saturated rings. The lowest BCUT2D eigenvalue weighted by atomic mass is 9.64. The van der Waals surface area contributed by atoms with Crippen molar-refractivity contribution in [2.45, 2.75) is 11.7 Å². The molecule has 2 nitrogen and oxygen atoms in total. The summed E-state index contributed by atoms with van der Waals surface area (Å²) >= 11 is 0. The number of hydrogen-bond donors (Lipinski definition) is 0. The average molecular weight is 566 g/mol. The largest absolute Gasteiger partial charge is 0.579 e. The predicted octanol–water partition coefficient (Wildman–Crippen LogP) is 7.93. The summed E-state index contributed by atoms with van der Waals surface area (Å²) in [6.45, 7) is 0. The molecule has 202 valence electrons. The fourth-order valence-corrected chi connectivity index (χ4v) is 4.29. The molecule has 15 heteroatoms. The molecule has 3 aromatic carbocycles. The van der Waals surface area contributed by atoms with E-state index in [9.17, 15) is 43.9 Å². The number of halogens is 12. The Morgan fingerprint density at radius 3 is 1.95 bits per heavy atom. The van der Waals surface area contributed by atoms with Crippen LogP contribution >= 0.6 is 0 Å². The summed E-state index contributed by atoms with van der Waals surface area (Å²) in [7, 11) is -3.43. The monoisotopic (exact) mass is 566 g/mol. The zero-order chi connectivity index (χ0) is 28.5. The van der Waals surface area contributed by atoms with Crippen LogP contribution in [0, 0.1) is 40.7 Å². The molecule has 0 saturated heterocycles. The molecule has 0 amide bonds. The maximum absolute atomic E-state index is 16.5. The fraction of sp³-hybridized carbons (Fsp3) is 0.0833. The minimum absolute atomic E-state index is 0.523. The average Bonchev–Trinajstić information content (AvgIpc) is 3.27. The van der Waals surface area contributed by atoms with E-state index in [0.29, 0.717) is 18.2 Å². The molecule has 0 radical (unpaired) electrons. The van der Waals surface area contributed by atoms with Gasteiger partial charge in [-0.2, -0.15) is 4.39 Å². The zero-order valence-corrected chi connectivity index (χ0v) is 18.5. The second-order valence-corrected chi connectivity index (χ2v) is 8.23. The highest BCUT2D eigenvalue weighted by Crippen LogP contribution is 2.55. The molecule has 0 spiro atoms. The van der Waals surface area contributed by atoms with Crippen molar-refractivity contribution >= 4 is 18.8 Å². The summed E-state index contributed by atoms with van der Waals surface area (Å²) in [5.74, 6) is -26.3. The highest BCUT2D eigenvalue weighted by molar-refractivity contribution is 6.51. The summed E-state index contributed by atoms with van der Waals surface area (Å²) in [5.41, 5.74) is -10.8. The van der Waals surface area contributed by atoms with Crippen molar-refractivity contribution in [1.82, 2.24) is 0 Å². The number of fused-ring (bicyclic) bond motifs is 2. The van der Waals surface area contributed by atoms with Crippen molar-refractivity contribution in [2.75, 3.05) is 0 Å². The van der Waals surface area contributed by atoms with E-state index in [0.717, 1.165) is 18.2 Å². The zero-order valence-electron chi connectivity index (χ0n) is 18.5. The molecular formula is C24H7BF12O2. The summed E-state index contributed by atoms with van der Waals surface area (Å²) in [5, 5.41) is 0. The predicted molar refractivity (Wildman–Crippen MR) is 110 cm³/mol. The highest BCUT2D eigenvalue weighted by atomic mass is 19.2. The smallest absolute Gasteiger partial charge is 0.531 e. The fourth-order valence-electron chi connectivity index (χ4n) is 4.29. The van der Waals surface area contributed by atoms with Gasteiger partial charge in [-0.3, -0.25) is 0 Å². The summed E-state index contributed by atoms with van der Waals surface area (Å²) < 4.78 is 184. The standard InChI is InChI=1S/C24H7BF12O2/c26-8-4-1-3-7-11(8)15(29)21(35)22(7)39-25(38-10-6-2-5-9(27)14(10)28)24(37)13-12(17(31)23(24)36)16(30)19(33)20(34)18(13)32/h1-6,22H. The van der Waals surface area contributed by atoms with E-state index in [4.69, 9.17) is 9.31 Å². The van der Waals surface area contributed by atoms with Crippen molar-refractivity contribution in [3.8, 4) is 5.75 Å². The van der Waals surface area contributed by atoms with E-state index in [1.54, 1.807) is 0 Å².